The summed E-state index contributed by atoms with van der Waals surface area (Å²) in [6.45, 7) is 7.82. The van der Waals surface area contributed by atoms with Gasteiger partial charge in [-0.1, -0.05) is 41.9 Å². The summed E-state index contributed by atoms with van der Waals surface area (Å²) in [5, 5.41) is 0. The predicted octanol–water partition coefficient (Wildman–Crippen LogP) is 4.66. The van der Waals surface area contributed by atoms with Gasteiger partial charge >= 0.3 is 0 Å². The maximum absolute atomic E-state index is 5.81. The van der Waals surface area contributed by atoms with Crippen LogP contribution in [0.3, 0.4) is 0 Å². The van der Waals surface area contributed by atoms with E-state index < -0.39 is 0 Å². The van der Waals surface area contributed by atoms with E-state index >= 15 is 0 Å². The van der Waals surface area contributed by atoms with Gasteiger partial charge in [-0.3, -0.25) is 0 Å². The molecule has 0 aliphatic rings. The number of hydrogen-bond acceptors (Lipinski definition) is 2. The number of rotatable bonds is 8. The molecule has 2 unspecified atom stereocenters. The molecule has 0 aromatic heterocycles. The monoisotopic (exact) mass is 314 g/mol. The van der Waals surface area contributed by atoms with Crippen LogP contribution in [0.4, 0.5) is 0 Å². The molecular formula is C15H23BrO2. The van der Waals surface area contributed by atoms with E-state index in [9.17, 15) is 0 Å². The first-order valence-electron chi connectivity index (χ1n) is 6.67. The number of para-hydroxylation sites is 2. The summed E-state index contributed by atoms with van der Waals surface area (Å²) in [5.74, 6) is 2.29. The highest BCUT2D eigenvalue weighted by Crippen LogP contribution is 2.27. The van der Waals surface area contributed by atoms with Gasteiger partial charge in [0.2, 0.25) is 0 Å². The Morgan fingerprint density at radius 1 is 1.11 bits per heavy atom. The molecule has 1 aromatic rings. The molecule has 18 heavy (non-hydrogen) atoms. The number of ether oxygens (including phenoxy) is 2. The lowest BCUT2D eigenvalue weighted by atomic mass is 10.0. The van der Waals surface area contributed by atoms with Crippen molar-refractivity contribution >= 4 is 15.9 Å². The van der Waals surface area contributed by atoms with Crippen molar-refractivity contribution in [3.63, 3.8) is 0 Å². The molecular weight excluding hydrogens is 292 g/mol. The van der Waals surface area contributed by atoms with Crippen LogP contribution in [0.1, 0.15) is 33.6 Å². The number of benzene rings is 1. The van der Waals surface area contributed by atoms with Gasteiger partial charge in [0.15, 0.2) is 11.5 Å². The van der Waals surface area contributed by atoms with Gasteiger partial charge in [0.25, 0.3) is 0 Å². The van der Waals surface area contributed by atoms with Crippen LogP contribution in [-0.4, -0.2) is 18.0 Å². The number of halogens is 1. The lowest BCUT2D eigenvalue weighted by Crippen LogP contribution is -2.13. The lowest BCUT2D eigenvalue weighted by molar-refractivity contribution is 0.257. The summed E-state index contributed by atoms with van der Waals surface area (Å²) in [6.07, 6.45) is 2.20. The molecule has 0 amide bonds. The summed E-state index contributed by atoms with van der Waals surface area (Å²) < 4.78 is 11.3. The Morgan fingerprint density at radius 2 is 1.72 bits per heavy atom. The largest absolute Gasteiger partial charge is 0.490 e. The minimum Gasteiger partial charge on any atom is -0.490 e. The molecule has 0 saturated carbocycles. The SMILES string of the molecule is CCOc1ccccc1OCCC(C)C(Br)CC. The molecule has 0 N–H and O–H groups in total. The van der Waals surface area contributed by atoms with E-state index in [0.717, 1.165) is 30.9 Å². The molecule has 0 aliphatic heterocycles. The zero-order valence-electron chi connectivity index (χ0n) is 11.5. The van der Waals surface area contributed by atoms with Crippen molar-refractivity contribution in [2.24, 2.45) is 5.92 Å². The molecule has 0 fully saturated rings. The molecule has 0 radical (unpaired) electrons. The van der Waals surface area contributed by atoms with E-state index in [1.54, 1.807) is 0 Å². The molecule has 1 aromatic carbocycles. The molecule has 3 heteroatoms. The minimum absolute atomic E-state index is 0.572. The lowest BCUT2D eigenvalue weighted by Gasteiger charge is -2.17. The van der Waals surface area contributed by atoms with Crippen LogP contribution in [-0.2, 0) is 0 Å². The van der Waals surface area contributed by atoms with Crippen LogP contribution in [0.2, 0.25) is 0 Å². The van der Waals surface area contributed by atoms with Gasteiger partial charge in [-0.15, -0.1) is 0 Å². The second-order valence-corrected chi connectivity index (χ2v) is 5.59. The van der Waals surface area contributed by atoms with Crippen molar-refractivity contribution in [1.29, 1.82) is 0 Å². The topological polar surface area (TPSA) is 18.5 Å². The standard InChI is InChI=1S/C15H23BrO2/c1-4-13(16)12(3)10-11-18-15-9-7-6-8-14(15)17-5-2/h6-9,12-13H,4-5,10-11H2,1-3H3. The molecule has 0 aliphatic carbocycles. The van der Waals surface area contributed by atoms with Crippen LogP contribution in [0.15, 0.2) is 24.3 Å². The fourth-order valence-corrected chi connectivity index (χ4v) is 2.05. The van der Waals surface area contributed by atoms with Gasteiger partial charge in [-0.05, 0) is 37.8 Å². The Bertz CT molecular complexity index is 341. The van der Waals surface area contributed by atoms with Crippen LogP contribution >= 0.6 is 15.9 Å². The third-order valence-corrected chi connectivity index (χ3v) is 4.54. The normalized spacial score (nSPS) is 14.0. The van der Waals surface area contributed by atoms with Crippen LogP contribution < -0.4 is 9.47 Å². The van der Waals surface area contributed by atoms with Crippen LogP contribution in [0.25, 0.3) is 0 Å². The van der Waals surface area contributed by atoms with Gasteiger partial charge in [-0.2, -0.15) is 0 Å². The van der Waals surface area contributed by atoms with Crippen molar-refractivity contribution in [3.05, 3.63) is 24.3 Å². The molecule has 0 spiro atoms. The number of hydrogen-bond donors (Lipinski definition) is 0. The maximum atomic E-state index is 5.81. The van der Waals surface area contributed by atoms with E-state index in [1.165, 1.54) is 0 Å². The van der Waals surface area contributed by atoms with Gasteiger partial charge in [0.05, 0.1) is 13.2 Å². The molecule has 0 saturated heterocycles. The predicted molar refractivity (Wildman–Crippen MR) is 79.9 cm³/mol. The summed E-state index contributed by atoms with van der Waals surface area (Å²) in [7, 11) is 0. The fraction of sp³-hybridized carbons (Fsp3) is 0.600. The Kier molecular flexibility index (Phi) is 7.18. The summed E-state index contributed by atoms with van der Waals surface area (Å²) in [5.41, 5.74) is 0. The molecule has 2 atom stereocenters. The smallest absolute Gasteiger partial charge is 0.161 e. The maximum Gasteiger partial charge on any atom is 0.161 e. The molecule has 1 rings (SSSR count). The van der Waals surface area contributed by atoms with Gasteiger partial charge in [0.1, 0.15) is 0 Å². The highest BCUT2D eigenvalue weighted by Gasteiger charge is 2.12. The number of alkyl halides is 1. The first kappa shape index (κ1) is 15.4. The quantitative estimate of drug-likeness (QED) is 0.649. The molecule has 0 heterocycles. The third kappa shape index (κ3) is 4.89. The van der Waals surface area contributed by atoms with E-state index in [0.29, 0.717) is 17.4 Å². The highest BCUT2D eigenvalue weighted by molar-refractivity contribution is 9.09. The second-order valence-electron chi connectivity index (χ2n) is 4.42. The zero-order chi connectivity index (χ0) is 13.4. The first-order valence-corrected chi connectivity index (χ1v) is 7.59. The van der Waals surface area contributed by atoms with Crippen molar-refractivity contribution in [2.45, 2.75) is 38.4 Å². The summed E-state index contributed by atoms with van der Waals surface area (Å²) in [6, 6.07) is 7.84. The van der Waals surface area contributed by atoms with Crippen molar-refractivity contribution in [3.8, 4) is 11.5 Å². The zero-order valence-corrected chi connectivity index (χ0v) is 13.1. The van der Waals surface area contributed by atoms with Gasteiger partial charge in [0, 0.05) is 4.83 Å². The van der Waals surface area contributed by atoms with E-state index in [4.69, 9.17) is 9.47 Å². The first-order chi connectivity index (χ1) is 8.69. The molecule has 2 nitrogen and oxygen atoms in total. The Labute approximate surface area is 119 Å². The van der Waals surface area contributed by atoms with Crippen molar-refractivity contribution < 1.29 is 9.47 Å². The summed E-state index contributed by atoms with van der Waals surface area (Å²) in [4.78, 5) is 0.572. The summed E-state index contributed by atoms with van der Waals surface area (Å²) >= 11 is 3.69. The Morgan fingerprint density at radius 3 is 2.28 bits per heavy atom. The van der Waals surface area contributed by atoms with E-state index in [1.807, 2.05) is 31.2 Å². The minimum atomic E-state index is 0.572. The average molecular weight is 315 g/mol. The fourth-order valence-electron chi connectivity index (χ4n) is 1.78. The van der Waals surface area contributed by atoms with Crippen molar-refractivity contribution in [1.82, 2.24) is 0 Å². The third-order valence-electron chi connectivity index (χ3n) is 2.99. The van der Waals surface area contributed by atoms with Gasteiger partial charge < -0.3 is 9.47 Å². The van der Waals surface area contributed by atoms with Gasteiger partial charge in [-0.25, -0.2) is 0 Å². The van der Waals surface area contributed by atoms with E-state index in [-0.39, 0.29) is 0 Å². The Balaban J connectivity index is 2.43. The van der Waals surface area contributed by atoms with Crippen LogP contribution in [0.5, 0.6) is 11.5 Å². The molecule has 102 valence electrons. The van der Waals surface area contributed by atoms with Crippen LogP contribution in [0, 0.1) is 5.92 Å². The average Bonchev–Trinajstić information content (AvgIpc) is 2.40. The Hall–Kier alpha value is -0.700. The highest BCUT2D eigenvalue weighted by atomic mass is 79.9. The van der Waals surface area contributed by atoms with E-state index in [2.05, 4.69) is 29.8 Å². The second kappa shape index (κ2) is 8.41. The van der Waals surface area contributed by atoms with Crippen molar-refractivity contribution in [2.75, 3.05) is 13.2 Å². The molecule has 0 bridgehead atoms.